The molecule has 1 heterocycles. The third kappa shape index (κ3) is 2.20. The molecule has 3 atom stereocenters. The fourth-order valence-corrected chi connectivity index (χ4v) is 3.79. The van der Waals surface area contributed by atoms with Gasteiger partial charge in [-0.05, 0) is 36.1 Å². The third-order valence-electron chi connectivity index (χ3n) is 4.79. The molecule has 116 valence electrons. The van der Waals surface area contributed by atoms with Gasteiger partial charge in [-0.15, -0.1) is 0 Å². The Bertz CT molecular complexity index is 818. The quantitative estimate of drug-likeness (QED) is 0.502. The van der Waals surface area contributed by atoms with Crippen molar-refractivity contribution in [3.8, 4) is 0 Å². The molecule has 2 aliphatic rings. The molecule has 1 aliphatic carbocycles. The zero-order chi connectivity index (χ0) is 16.0. The summed E-state index contributed by atoms with van der Waals surface area (Å²) in [5, 5.41) is 14.8. The Labute approximate surface area is 132 Å². The summed E-state index contributed by atoms with van der Waals surface area (Å²) in [6, 6.07) is 11.4. The number of allylic oxidation sites excluding steroid dienone is 2. The predicted molar refractivity (Wildman–Crippen MR) is 85.8 cm³/mol. The highest BCUT2D eigenvalue weighted by atomic mass is 19.1. The van der Waals surface area contributed by atoms with Crippen LogP contribution in [0, 0.1) is 21.8 Å². The summed E-state index contributed by atoms with van der Waals surface area (Å²) in [6.07, 6.45) is 4.99. The summed E-state index contributed by atoms with van der Waals surface area (Å²) in [4.78, 5) is 11.0. The van der Waals surface area contributed by atoms with Crippen LogP contribution >= 0.6 is 0 Å². The Morgan fingerprint density at radius 2 is 2.00 bits per heavy atom. The molecular formula is C18H15FN2O2. The molecule has 0 amide bonds. The highest BCUT2D eigenvalue weighted by Crippen LogP contribution is 2.51. The number of halogens is 1. The monoisotopic (exact) mass is 310 g/mol. The molecule has 0 fully saturated rings. The van der Waals surface area contributed by atoms with Gasteiger partial charge in [-0.1, -0.05) is 30.4 Å². The maximum Gasteiger partial charge on any atom is 0.274 e. The highest BCUT2D eigenvalue weighted by molar-refractivity contribution is 5.61. The first-order valence-electron chi connectivity index (χ1n) is 7.61. The number of anilines is 1. The lowest BCUT2D eigenvalue weighted by molar-refractivity contribution is -0.385. The number of para-hydroxylation sites is 1. The van der Waals surface area contributed by atoms with Gasteiger partial charge in [0.05, 0.1) is 16.5 Å². The van der Waals surface area contributed by atoms with Gasteiger partial charge in [-0.3, -0.25) is 10.1 Å². The van der Waals surface area contributed by atoms with Crippen molar-refractivity contribution in [2.75, 3.05) is 5.32 Å². The molecule has 0 aromatic heterocycles. The van der Waals surface area contributed by atoms with Gasteiger partial charge in [0, 0.05) is 17.7 Å². The number of rotatable bonds is 2. The fourth-order valence-electron chi connectivity index (χ4n) is 3.79. The van der Waals surface area contributed by atoms with Crippen LogP contribution in [0.2, 0.25) is 0 Å². The molecule has 2 aromatic carbocycles. The summed E-state index contributed by atoms with van der Waals surface area (Å²) >= 11 is 0. The van der Waals surface area contributed by atoms with Crippen molar-refractivity contribution < 1.29 is 9.31 Å². The molecule has 2 aromatic rings. The van der Waals surface area contributed by atoms with E-state index in [-0.39, 0.29) is 34.3 Å². The average molecular weight is 310 g/mol. The minimum atomic E-state index is -0.339. The van der Waals surface area contributed by atoms with Crippen LogP contribution in [-0.2, 0) is 0 Å². The molecule has 0 radical (unpaired) electrons. The second-order valence-electron chi connectivity index (χ2n) is 6.02. The zero-order valence-corrected chi connectivity index (χ0v) is 12.3. The van der Waals surface area contributed by atoms with Crippen LogP contribution in [0.3, 0.4) is 0 Å². The summed E-state index contributed by atoms with van der Waals surface area (Å²) < 4.78 is 13.6. The van der Waals surface area contributed by atoms with Gasteiger partial charge in [0.15, 0.2) is 0 Å². The van der Waals surface area contributed by atoms with Crippen LogP contribution in [0.25, 0.3) is 0 Å². The van der Waals surface area contributed by atoms with Gasteiger partial charge < -0.3 is 5.32 Å². The summed E-state index contributed by atoms with van der Waals surface area (Å²) in [5.41, 5.74) is 2.59. The van der Waals surface area contributed by atoms with E-state index in [9.17, 15) is 14.5 Å². The van der Waals surface area contributed by atoms with Crippen molar-refractivity contribution in [2.24, 2.45) is 5.92 Å². The van der Waals surface area contributed by atoms with E-state index in [1.807, 2.05) is 6.07 Å². The van der Waals surface area contributed by atoms with Crippen LogP contribution in [-0.4, -0.2) is 4.92 Å². The van der Waals surface area contributed by atoms with Crippen LogP contribution < -0.4 is 5.32 Å². The third-order valence-corrected chi connectivity index (χ3v) is 4.79. The molecule has 5 heteroatoms. The maximum absolute atomic E-state index is 13.6. The first kappa shape index (κ1) is 13.9. The molecule has 1 N–H and O–H groups in total. The van der Waals surface area contributed by atoms with E-state index in [2.05, 4.69) is 17.5 Å². The van der Waals surface area contributed by atoms with Gasteiger partial charge in [0.1, 0.15) is 5.82 Å². The van der Waals surface area contributed by atoms with E-state index >= 15 is 0 Å². The number of benzene rings is 2. The number of nitro benzene ring substituents is 1. The Hall–Kier alpha value is -2.69. The first-order chi connectivity index (χ1) is 11.1. The lowest BCUT2D eigenvalue weighted by Gasteiger charge is -2.37. The summed E-state index contributed by atoms with van der Waals surface area (Å²) in [7, 11) is 0. The van der Waals surface area contributed by atoms with Crippen LogP contribution in [0.4, 0.5) is 15.8 Å². The fraction of sp³-hybridized carbons (Fsp3) is 0.222. The average Bonchev–Trinajstić information content (AvgIpc) is 3.04. The molecule has 0 unspecified atom stereocenters. The Balaban J connectivity index is 1.83. The number of nitro groups is 1. The van der Waals surface area contributed by atoms with E-state index in [1.54, 1.807) is 24.3 Å². The molecule has 0 bridgehead atoms. The number of fused-ring (bicyclic) bond motifs is 3. The van der Waals surface area contributed by atoms with Gasteiger partial charge >= 0.3 is 0 Å². The topological polar surface area (TPSA) is 55.2 Å². The SMILES string of the molecule is O=[N+]([O-])c1ccccc1[C@@H]1Nc2ccc(F)cc2[C@@H]2C=CC[C@@H]21. The molecule has 0 saturated carbocycles. The highest BCUT2D eigenvalue weighted by Gasteiger charge is 2.40. The Morgan fingerprint density at radius 1 is 1.17 bits per heavy atom. The maximum atomic E-state index is 13.6. The predicted octanol–water partition coefficient (Wildman–Crippen LogP) is 4.56. The van der Waals surface area contributed by atoms with E-state index in [1.165, 1.54) is 12.1 Å². The van der Waals surface area contributed by atoms with Gasteiger partial charge in [0.2, 0.25) is 0 Å². The standard InChI is InChI=1S/C18H15FN2O2/c19-11-8-9-16-15(10-11)12-5-3-6-13(12)18(20-16)14-4-1-2-7-17(14)21(22)23/h1-5,7-10,12-13,18,20H,6H2/t12-,13+,18-/m1/s1. The van der Waals surface area contributed by atoms with Gasteiger partial charge in [-0.2, -0.15) is 0 Å². The Kier molecular flexibility index (Phi) is 3.15. The second kappa shape index (κ2) is 5.19. The van der Waals surface area contributed by atoms with Crippen molar-refractivity contribution in [3.63, 3.8) is 0 Å². The number of hydrogen-bond donors (Lipinski definition) is 1. The summed E-state index contributed by atoms with van der Waals surface area (Å²) in [5.74, 6) is -0.00842. The minimum Gasteiger partial charge on any atom is -0.377 e. The number of hydrogen-bond acceptors (Lipinski definition) is 3. The van der Waals surface area contributed by atoms with E-state index in [0.29, 0.717) is 5.56 Å². The Morgan fingerprint density at radius 3 is 2.83 bits per heavy atom. The van der Waals surface area contributed by atoms with Crippen molar-refractivity contribution in [1.82, 2.24) is 0 Å². The van der Waals surface area contributed by atoms with Crippen molar-refractivity contribution in [1.29, 1.82) is 0 Å². The molecule has 23 heavy (non-hydrogen) atoms. The first-order valence-corrected chi connectivity index (χ1v) is 7.61. The second-order valence-corrected chi connectivity index (χ2v) is 6.02. The minimum absolute atomic E-state index is 0.0896. The lowest BCUT2D eigenvalue weighted by atomic mass is 9.76. The van der Waals surface area contributed by atoms with Crippen LogP contribution in [0.15, 0.2) is 54.6 Å². The molecule has 4 nitrogen and oxygen atoms in total. The van der Waals surface area contributed by atoms with Crippen LogP contribution in [0.1, 0.15) is 29.5 Å². The lowest BCUT2D eigenvalue weighted by Crippen LogP contribution is -2.29. The number of nitrogens with zero attached hydrogens (tertiary/aromatic N) is 1. The normalized spacial score (nSPS) is 24.7. The van der Waals surface area contributed by atoms with Crippen LogP contribution in [0.5, 0.6) is 0 Å². The molecule has 0 saturated heterocycles. The van der Waals surface area contributed by atoms with Crippen molar-refractivity contribution in [3.05, 3.63) is 81.7 Å². The van der Waals surface area contributed by atoms with E-state index in [4.69, 9.17) is 0 Å². The molecule has 4 rings (SSSR count). The zero-order valence-electron chi connectivity index (χ0n) is 12.3. The van der Waals surface area contributed by atoms with E-state index < -0.39 is 0 Å². The molecular weight excluding hydrogens is 295 g/mol. The van der Waals surface area contributed by atoms with Gasteiger partial charge in [-0.25, -0.2) is 4.39 Å². The summed E-state index contributed by atoms with van der Waals surface area (Å²) in [6.45, 7) is 0. The van der Waals surface area contributed by atoms with Crippen molar-refractivity contribution >= 4 is 11.4 Å². The van der Waals surface area contributed by atoms with Crippen molar-refractivity contribution in [2.45, 2.75) is 18.4 Å². The smallest absolute Gasteiger partial charge is 0.274 e. The van der Waals surface area contributed by atoms with Gasteiger partial charge in [0.25, 0.3) is 5.69 Å². The molecule has 0 spiro atoms. The largest absolute Gasteiger partial charge is 0.377 e. The van der Waals surface area contributed by atoms with E-state index in [0.717, 1.165) is 17.7 Å². The molecule has 1 aliphatic heterocycles. The number of nitrogens with one attached hydrogen (secondary N) is 1.